The van der Waals surface area contributed by atoms with Gasteiger partial charge in [0.15, 0.2) is 0 Å². The third-order valence-electron chi connectivity index (χ3n) is 4.17. The van der Waals surface area contributed by atoms with Crippen molar-refractivity contribution in [1.29, 1.82) is 0 Å². The second-order valence-corrected chi connectivity index (χ2v) is 5.34. The number of likely N-dealkylation sites (tertiary alicyclic amines) is 1. The van der Waals surface area contributed by atoms with Crippen LogP contribution in [0.2, 0.25) is 0 Å². The van der Waals surface area contributed by atoms with E-state index in [1.165, 1.54) is 38.8 Å². The number of hydrogen-bond acceptors (Lipinski definition) is 2. The van der Waals surface area contributed by atoms with Crippen molar-refractivity contribution in [3.63, 3.8) is 0 Å². The first-order valence-corrected chi connectivity index (χ1v) is 6.05. The fourth-order valence-electron chi connectivity index (χ4n) is 3.09. The van der Waals surface area contributed by atoms with Crippen LogP contribution in [0.5, 0.6) is 0 Å². The molecular formula is C12H21NO2. The highest BCUT2D eigenvalue weighted by Gasteiger charge is 2.36. The van der Waals surface area contributed by atoms with Gasteiger partial charge < -0.3 is 10.0 Å². The molecule has 15 heavy (non-hydrogen) atoms. The number of carboxylic acid groups (broad SMARTS) is 1. The van der Waals surface area contributed by atoms with Gasteiger partial charge in [0.1, 0.15) is 0 Å². The molecule has 1 saturated heterocycles. The lowest BCUT2D eigenvalue weighted by atomic mass is 9.65. The number of carbonyl (C=O) groups is 1. The third-order valence-corrected chi connectivity index (χ3v) is 4.17. The Hall–Kier alpha value is -0.570. The molecule has 0 spiro atoms. The lowest BCUT2D eigenvalue weighted by molar-refractivity contribution is -0.139. The number of nitrogens with zero attached hydrogens (tertiary/aromatic N) is 1. The Morgan fingerprint density at radius 3 is 2.40 bits per heavy atom. The van der Waals surface area contributed by atoms with E-state index in [4.69, 9.17) is 5.11 Å². The fraction of sp³-hybridized carbons (Fsp3) is 0.917. The van der Waals surface area contributed by atoms with Gasteiger partial charge >= 0.3 is 5.97 Å². The summed E-state index contributed by atoms with van der Waals surface area (Å²) < 4.78 is 0. The van der Waals surface area contributed by atoms with Crippen molar-refractivity contribution >= 4 is 5.97 Å². The normalized spacial score (nSPS) is 33.7. The molecule has 1 saturated carbocycles. The maximum atomic E-state index is 10.5. The van der Waals surface area contributed by atoms with Crippen molar-refractivity contribution < 1.29 is 9.90 Å². The first kappa shape index (κ1) is 10.9. The highest BCUT2D eigenvalue weighted by atomic mass is 16.4. The van der Waals surface area contributed by atoms with Gasteiger partial charge in [-0.3, -0.25) is 4.79 Å². The minimum absolute atomic E-state index is 0.392. The maximum Gasteiger partial charge on any atom is 0.303 e. The number of piperidine rings is 1. The summed E-state index contributed by atoms with van der Waals surface area (Å²) in [5, 5.41) is 8.67. The minimum atomic E-state index is -0.623. The van der Waals surface area contributed by atoms with Crippen molar-refractivity contribution in [3.05, 3.63) is 0 Å². The van der Waals surface area contributed by atoms with Crippen molar-refractivity contribution in [2.75, 3.05) is 20.1 Å². The average molecular weight is 211 g/mol. The van der Waals surface area contributed by atoms with Gasteiger partial charge in [0, 0.05) is 6.42 Å². The zero-order chi connectivity index (χ0) is 10.8. The molecule has 0 atom stereocenters. The zero-order valence-electron chi connectivity index (χ0n) is 9.48. The van der Waals surface area contributed by atoms with E-state index in [9.17, 15) is 4.79 Å². The first-order chi connectivity index (χ1) is 7.15. The molecule has 0 bridgehead atoms. The van der Waals surface area contributed by atoms with E-state index in [0.717, 1.165) is 11.8 Å². The minimum Gasteiger partial charge on any atom is -0.481 e. The van der Waals surface area contributed by atoms with E-state index < -0.39 is 5.97 Å². The van der Waals surface area contributed by atoms with Crippen LogP contribution in [0, 0.1) is 17.8 Å². The third kappa shape index (κ3) is 2.71. The summed E-state index contributed by atoms with van der Waals surface area (Å²) in [5.74, 6) is 1.57. The highest BCUT2D eigenvalue weighted by molar-refractivity contribution is 5.67. The molecule has 86 valence electrons. The average Bonchev–Trinajstić information content (AvgIpc) is 2.12. The van der Waals surface area contributed by atoms with Crippen LogP contribution < -0.4 is 0 Å². The molecule has 3 heteroatoms. The Balaban J connectivity index is 1.68. The molecule has 0 aromatic rings. The van der Waals surface area contributed by atoms with E-state index in [1.54, 1.807) is 0 Å². The first-order valence-electron chi connectivity index (χ1n) is 6.05. The SMILES string of the molecule is CN1CCC(C2CC(CC(=O)O)C2)CC1. The zero-order valence-corrected chi connectivity index (χ0v) is 9.48. The maximum absolute atomic E-state index is 10.5. The van der Waals surface area contributed by atoms with Crippen LogP contribution in [0.3, 0.4) is 0 Å². The largest absolute Gasteiger partial charge is 0.481 e. The molecule has 2 rings (SSSR count). The van der Waals surface area contributed by atoms with Gasteiger partial charge in [0.25, 0.3) is 0 Å². The van der Waals surface area contributed by atoms with Gasteiger partial charge in [-0.25, -0.2) is 0 Å². The number of carboxylic acids is 1. The molecule has 2 aliphatic rings. The van der Waals surface area contributed by atoms with Crippen LogP contribution in [-0.2, 0) is 4.79 Å². The number of hydrogen-bond donors (Lipinski definition) is 1. The molecule has 1 N–H and O–H groups in total. The lowest BCUT2D eigenvalue weighted by Crippen LogP contribution is -2.38. The molecule has 0 radical (unpaired) electrons. The smallest absolute Gasteiger partial charge is 0.303 e. The van der Waals surface area contributed by atoms with Crippen molar-refractivity contribution in [3.8, 4) is 0 Å². The molecule has 1 heterocycles. The van der Waals surface area contributed by atoms with E-state index in [0.29, 0.717) is 12.3 Å². The van der Waals surface area contributed by atoms with E-state index in [2.05, 4.69) is 11.9 Å². The molecule has 2 fully saturated rings. The summed E-state index contributed by atoms with van der Waals surface area (Å²) >= 11 is 0. The molecule has 3 nitrogen and oxygen atoms in total. The molecule has 1 aliphatic heterocycles. The Kier molecular flexibility index (Phi) is 3.29. The van der Waals surface area contributed by atoms with Gasteiger partial charge in [-0.15, -0.1) is 0 Å². The second kappa shape index (κ2) is 4.52. The molecular weight excluding hydrogens is 190 g/mol. The summed E-state index contributed by atoms with van der Waals surface area (Å²) in [4.78, 5) is 12.9. The van der Waals surface area contributed by atoms with Gasteiger partial charge in [-0.1, -0.05) is 0 Å². The lowest BCUT2D eigenvalue weighted by Gasteiger charge is -2.43. The molecule has 1 aliphatic carbocycles. The van der Waals surface area contributed by atoms with E-state index in [-0.39, 0.29) is 0 Å². The Morgan fingerprint density at radius 2 is 1.87 bits per heavy atom. The standard InChI is InChI=1S/C12H21NO2/c1-13-4-2-10(3-5-13)11-6-9(7-11)8-12(14)15/h9-11H,2-8H2,1H3,(H,14,15). The van der Waals surface area contributed by atoms with Crippen molar-refractivity contribution in [2.24, 2.45) is 17.8 Å². The van der Waals surface area contributed by atoms with Gasteiger partial charge in [0.05, 0.1) is 0 Å². The van der Waals surface area contributed by atoms with Crippen LogP contribution in [0.1, 0.15) is 32.1 Å². The van der Waals surface area contributed by atoms with E-state index >= 15 is 0 Å². The highest BCUT2D eigenvalue weighted by Crippen LogP contribution is 2.44. The van der Waals surface area contributed by atoms with Crippen LogP contribution in [0.25, 0.3) is 0 Å². The topological polar surface area (TPSA) is 40.5 Å². The van der Waals surface area contributed by atoms with E-state index in [1.807, 2.05) is 0 Å². The summed E-state index contributed by atoms with van der Waals surface area (Å²) in [6, 6.07) is 0. The summed E-state index contributed by atoms with van der Waals surface area (Å²) in [7, 11) is 2.18. The molecule has 0 aromatic heterocycles. The molecule has 0 unspecified atom stereocenters. The quantitative estimate of drug-likeness (QED) is 0.774. The molecule has 0 amide bonds. The Morgan fingerprint density at radius 1 is 1.27 bits per heavy atom. The summed E-state index contributed by atoms with van der Waals surface area (Å²) in [6.45, 7) is 2.45. The number of aliphatic carboxylic acids is 1. The monoisotopic (exact) mass is 211 g/mol. The Bertz CT molecular complexity index is 228. The van der Waals surface area contributed by atoms with Crippen LogP contribution >= 0.6 is 0 Å². The number of rotatable bonds is 3. The predicted octanol–water partition coefficient (Wildman–Crippen LogP) is 1.83. The van der Waals surface area contributed by atoms with Crippen LogP contribution in [-0.4, -0.2) is 36.1 Å². The van der Waals surface area contributed by atoms with Gasteiger partial charge in [-0.05, 0) is 63.6 Å². The molecule has 0 aromatic carbocycles. The Labute approximate surface area is 91.5 Å². The van der Waals surface area contributed by atoms with Crippen molar-refractivity contribution in [2.45, 2.75) is 32.1 Å². The van der Waals surface area contributed by atoms with Crippen molar-refractivity contribution in [1.82, 2.24) is 4.90 Å². The predicted molar refractivity (Wildman–Crippen MR) is 58.7 cm³/mol. The summed E-state index contributed by atoms with van der Waals surface area (Å²) in [6.07, 6.45) is 5.37. The second-order valence-electron chi connectivity index (χ2n) is 5.34. The van der Waals surface area contributed by atoms with Crippen LogP contribution in [0.15, 0.2) is 0 Å². The van der Waals surface area contributed by atoms with Crippen LogP contribution in [0.4, 0.5) is 0 Å². The van der Waals surface area contributed by atoms with Gasteiger partial charge in [-0.2, -0.15) is 0 Å². The summed E-state index contributed by atoms with van der Waals surface area (Å²) in [5.41, 5.74) is 0. The fourth-order valence-corrected chi connectivity index (χ4v) is 3.09. The van der Waals surface area contributed by atoms with Gasteiger partial charge in [0.2, 0.25) is 0 Å².